The van der Waals surface area contributed by atoms with Crippen molar-refractivity contribution in [2.24, 2.45) is 0 Å². The molecule has 17 heavy (non-hydrogen) atoms. The first-order chi connectivity index (χ1) is 8.09. The third-order valence-corrected chi connectivity index (χ3v) is 5.00. The molecule has 2 heterocycles. The Morgan fingerprint density at radius 1 is 1.53 bits per heavy atom. The van der Waals surface area contributed by atoms with Gasteiger partial charge in [-0.1, -0.05) is 0 Å². The first kappa shape index (κ1) is 13.2. The van der Waals surface area contributed by atoms with E-state index in [0.717, 1.165) is 18.2 Å². The molecule has 1 aromatic heterocycles. The van der Waals surface area contributed by atoms with Crippen LogP contribution in [0, 0.1) is 0 Å². The van der Waals surface area contributed by atoms with Crippen LogP contribution in [0.5, 0.6) is 0 Å². The Morgan fingerprint density at radius 2 is 2.35 bits per heavy atom. The van der Waals surface area contributed by atoms with Crippen molar-refractivity contribution >= 4 is 28.2 Å². The third kappa shape index (κ3) is 3.86. The van der Waals surface area contributed by atoms with Crippen molar-refractivity contribution in [1.29, 1.82) is 0 Å². The zero-order valence-corrected chi connectivity index (χ0v) is 12.5. The van der Waals surface area contributed by atoms with E-state index in [9.17, 15) is 0 Å². The van der Waals surface area contributed by atoms with Gasteiger partial charge in [0.1, 0.15) is 0 Å². The summed E-state index contributed by atoms with van der Waals surface area (Å²) in [6.45, 7) is 11.1. The first-order valence-corrected chi connectivity index (χ1v) is 7.94. The topological polar surface area (TPSA) is 28.2 Å². The van der Waals surface area contributed by atoms with E-state index in [0.29, 0.717) is 4.75 Å². The minimum Gasteiger partial charge on any atom is -0.362 e. The Morgan fingerprint density at radius 3 is 3.06 bits per heavy atom. The lowest BCUT2D eigenvalue weighted by atomic mass is 10.2. The average molecular weight is 271 g/mol. The molecule has 0 amide bonds. The van der Waals surface area contributed by atoms with E-state index in [1.165, 1.54) is 23.7 Å². The Hall–Kier alpha value is -0.260. The molecule has 0 atom stereocenters. The molecule has 3 nitrogen and oxygen atoms in total. The molecule has 1 N–H and O–H groups in total. The van der Waals surface area contributed by atoms with Gasteiger partial charge in [-0.2, -0.15) is 11.8 Å². The fourth-order valence-electron chi connectivity index (χ4n) is 2.08. The second kappa shape index (κ2) is 5.59. The summed E-state index contributed by atoms with van der Waals surface area (Å²) in [6, 6.07) is 0. The maximum Gasteiger partial charge on any atom is 0.182 e. The number of nitrogens with one attached hydrogen (secondary N) is 1. The third-order valence-electron chi connectivity index (χ3n) is 2.77. The van der Waals surface area contributed by atoms with Crippen LogP contribution in [0.15, 0.2) is 6.20 Å². The Labute approximate surface area is 112 Å². The fourth-order valence-corrected chi connectivity index (χ4v) is 4.18. The monoisotopic (exact) mass is 271 g/mol. The number of hydrogen-bond acceptors (Lipinski definition) is 5. The molecule has 0 spiro atoms. The molecule has 1 saturated heterocycles. The highest BCUT2D eigenvalue weighted by molar-refractivity contribution is 8.00. The number of hydrogen-bond donors (Lipinski definition) is 1. The van der Waals surface area contributed by atoms with Crippen molar-refractivity contribution in [3.05, 3.63) is 11.1 Å². The standard InChI is InChI=1S/C12H21N3S2/c1-4-13-11-14-7-10(17-11)8-15-5-6-16-12(2,3)9-15/h7H,4-6,8-9H2,1-3H3,(H,13,14). The summed E-state index contributed by atoms with van der Waals surface area (Å²) in [5, 5.41) is 4.32. The van der Waals surface area contributed by atoms with Gasteiger partial charge >= 0.3 is 0 Å². The van der Waals surface area contributed by atoms with Crippen LogP contribution >= 0.6 is 23.1 Å². The van der Waals surface area contributed by atoms with E-state index < -0.39 is 0 Å². The van der Waals surface area contributed by atoms with Gasteiger partial charge in [-0.05, 0) is 20.8 Å². The minimum atomic E-state index is 0.396. The van der Waals surface area contributed by atoms with Gasteiger partial charge in [0.15, 0.2) is 5.13 Å². The van der Waals surface area contributed by atoms with Gasteiger partial charge in [0, 0.05) is 47.8 Å². The van der Waals surface area contributed by atoms with E-state index in [2.05, 4.69) is 47.7 Å². The summed E-state index contributed by atoms with van der Waals surface area (Å²) in [6.07, 6.45) is 2.01. The molecule has 96 valence electrons. The molecule has 5 heteroatoms. The van der Waals surface area contributed by atoms with Gasteiger partial charge in [0.05, 0.1) is 0 Å². The molecule has 0 bridgehead atoms. The predicted octanol–water partition coefficient (Wildman–Crippen LogP) is 2.90. The largest absolute Gasteiger partial charge is 0.362 e. The number of nitrogens with zero attached hydrogens (tertiary/aromatic N) is 2. The van der Waals surface area contributed by atoms with Crippen molar-refractivity contribution in [1.82, 2.24) is 9.88 Å². The smallest absolute Gasteiger partial charge is 0.182 e. The molecule has 0 radical (unpaired) electrons. The number of thiazole rings is 1. The van der Waals surface area contributed by atoms with Crippen LogP contribution in [-0.2, 0) is 6.54 Å². The zero-order valence-electron chi connectivity index (χ0n) is 10.8. The molecule has 1 fully saturated rings. The Bertz CT molecular complexity index is 362. The highest BCUT2D eigenvalue weighted by Gasteiger charge is 2.27. The Balaban J connectivity index is 1.91. The summed E-state index contributed by atoms with van der Waals surface area (Å²) in [5.74, 6) is 1.24. The molecule has 0 aromatic carbocycles. The van der Waals surface area contributed by atoms with Crippen LogP contribution in [0.4, 0.5) is 5.13 Å². The highest BCUT2D eigenvalue weighted by atomic mass is 32.2. The number of anilines is 1. The van der Waals surface area contributed by atoms with Gasteiger partial charge in [-0.25, -0.2) is 4.98 Å². The molecule has 1 aromatic rings. The van der Waals surface area contributed by atoms with Gasteiger partial charge in [-0.15, -0.1) is 11.3 Å². The number of rotatable bonds is 4. The quantitative estimate of drug-likeness (QED) is 0.911. The molecule has 0 aliphatic carbocycles. The van der Waals surface area contributed by atoms with Crippen LogP contribution in [0.2, 0.25) is 0 Å². The molecule has 0 saturated carbocycles. The summed E-state index contributed by atoms with van der Waals surface area (Å²) < 4.78 is 0.396. The van der Waals surface area contributed by atoms with E-state index in [-0.39, 0.29) is 0 Å². The van der Waals surface area contributed by atoms with Gasteiger partial charge in [-0.3, -0.25) is 4.90 Å². The normalized spacial score (nSPS) is 20.4. The molecule has 2 rings (SSSR count). The second-order valence-electron chi connectivity index (χ2n) is 4.98. The summed E-state index contributed by atoms with van der Waals surface area (Å²) in [5.41, 5.74) is 0. The second-order valence-corrected chi connectivity index (χ2v) is 7.90. The van der Waals surface area contributed by atoms with Crippen molar-refractivity contribution in [3.8, 4) is 0 Å². The number of thioether (sulfide) groups is 1. The van der Waals surface area contributed by atoms with Gasteiger partial charge in [0.2, 0.25) is 0 Å². The number of aromatic nitrogens is 1. The lowest BCUT2D eigenvalue weighted by molar-refractivity contribution is 0.254. The maximum atomic E-state index is 4.38. The SMILES string of the molecule is CCNc1ncc(CN2CCSC(C)(C)C2)s1. The van der Waals surface area contributed by atoms with Crippen LogP contribution in [-0.4, -0.2) is 40.0 Å². The summed E-state index contributed by atoms with van der Waals surface area (Å²) in [4.78, 5) is 8.29. The predicted molar refractivity (Wildman–Crippen MR) is 78.1 cm³/mol. The van der Waals surface area contributed by atoms with E-state index in [1.807, 2.05) is 6.20 Å². The van der Waals surface area contributed by atoms with Crippen LogP contribution in [0.3, 0.4) is 0 Å². The van der Waals surface area contributed by atoms with E-state index >= 15 is 0 Å². The van der Waals surface area contributed by atoms with Gasteiger partial charge in [0.25, 0.3) is 0 Å². The van der Waals surface area contributed by atoms with Crippen molar-refractivity contribution in [2.45, 2.75) is 32.1 Å². The van der Waals surface area contributed by atoms with E-state index in [1.54, 1.807) is 11.3 Å². The fraction of sp³-hybridized carbons (Fsp3) is 0.750. The maximum absolute atomic E-state index is 4.38. The van der Waals surface area contributed by atoms with Crippen LogP contribution in [0.1, 0.15) is 25.6 Å². The average Bonchev–Trinajstić information content (AvgIpc) is 2.64. The summed E-state index contributed by atoms with van der Waals surface area (Å²) >= 11 is 3.86. The van der Waals surface area contributed by atoms with Crippen molar-refractivity contribution in [2.75, 3.05) is 30.7 Å². The molecule has 0 unspecified atom stereocenters. The summed E-state index contributed by atoms with van der Waals surface area (Å²) in [7, 11) is 0. The lowest BCUT2D eigenvalue weighted by Crippen LogP contribution is -2.42. The van der Waals surface area contributed by atoms with Crippen LogP contribution in [0.25, 0.3) is 0 Å². The minimum absolute atomic E-state index is 0.396. The van der Waals surface area contributed by atoms with Gasteiger partial charge < -0.3 is 5.32 Å². The highest BCUT2D eigenvalue weighted by Crippen LogP contribution is 2.31. The molecule has 1 aliphatic rings. The van der Waals surface area contributed by atoms with Crippen molar-refractivity contribution in [3.63, 3.8) is 0 Å². The van der Waals surface area contributed by atoms with Crippen LogP contribution < -0.4 is 5.32 Å². The first-order valence-electron chi connectivity index (χ1n) is 6.14. The van der Waals surface area contributed by atoms with Crippen molar-refractivity contribution < 1.29 is 0 Å². The molecule has 1 aliphatic heterocycles. The molecular weight excluding hydrogens is 250 g/mol. The lowest BCUT2D eigenvalue weighted by Gasteiger charge is -2.37. The zero-order chi connectivity index (χ0) is 12.3. The van der Waals surface area contributed by atoms with E-state index in [4.69, 9.17) is 0 Å². The Kier molecular flexibility index (Phi) is 4.33. The molecular formula is C12H21N3S2.